The lowest BCUT2D eigenvalue weighted by Crippen LogP contribution is -2.23. The molecular formula is C20H10Cl2N4O6. The lowest BCUT2D eigenvalue weighted by molar-refractivity contribution is -0.394. The molecule has 4 aromatic rings. The van der Waals surface area contributed by atoms with Crippen molar-refractivity contribution in [2.45, 2.75) is 0 Å². The molecule has 0 unspecified atom stereocenters. The zero-order chi connectivity index (χ0) is 23.2. The topological polar surface area (TPSA) is 141 Å². The third-order valence-corrected chi connectivity index (χ3v) is 5.47. The molecule has 32 heavy (non-hydrogen) atoms. The summed E-state index contributed by atoms with van der Waals surface area (Å²) in [6.45, 7) is 0. The van der Waals surface area contributed by atoms with Crippen molar-refractivity contribution in [2.75, 3.05) is 0 Å². The van der Waals surface area contributed by atoms with Crippen LogP contribution in [0.1, 0.15) is 0 Å². The van der Waals surface area contributed by atoms with Gasteiger partial charge in [0, 0.05) is 17.7 Å². The van der Waals surface area contributed by atoms with Crippen LogP contribution in [0.2, 0.25) is 10.0 Å². The Balaban J connectivity index is 2.19. The predicted molar refractivity (Wildman–Crippen MR) is 118 cm³/mol. The van der Waals surface area contributed by atoms with E-state index >= 15 is 0 Å². The average molecular weight is 473 g/mol. The van der Waals surface area contributed by atoms with Gasteiger partial charge in [0.15, 0.2) is 0 Å². The summed E-state index contributed by atoms with van der Waals surface area (Å²) in [4.78, 5) is 34.4. The van der Waals surface area contributed by atoms with Gasteiger partial charge in [0.25, 0.3) is 11.2 Å². The first-order valence-electron chi connectivity index (χ1n) is 8.83. The number of nitro groups is 2. The van der Waals surface area contributed by atoms with Crippen LogP contribution in [0.25, 0.3) is 27.7 Å². The fraction of sp³-hybridized carbons (Fsp3) is 0. The molecule has 10 nitrogen and oxygen atoms in total. The predicted octanol–water partition coefficient (Wildman–Crippen LogP) is 4.88. The second kappa shape index (κ2) is 7.91. The first-order chi connectivity index (χ1) is 15.2. The second-order valence-corrected chi connectivity index (χ2v) is 7.35. The van der Waals surface area contributed by atoms with E-state index in [0.717, 1.165) is 18.2 Å². The Hall–Kier alpha value is -4.02. The molecule has 160 valence electrons. The molecule has 0 aliphatic rings. The van der Waals surface area contributed by atoms with Gasteiger partial charge in [0.2, 0.25) is 0 Å². The number of rotatable bonds is 4. The molecule has 0 saturated heterocycles. The summed E-state index contributed by atoms with van der Waals surface area (Å²) in [5.74, 6) is -0.358. The molecule has 0 fully saturated rings. The minimum absolute atomic E-state index is 0.0106. The van der Waals surface area contributed by atoms with Gasteiger partial charge >= 0.3 is 5.69 Å². The quantitative estimate of drug-likeness (QED) is 0.329. The van der Waals surface area contributed by atoms with Gasteiger partial charge in [-0.1, -0.05) is 53.5 Å². The number of phenols is 1. The van der Waals surface area contributed by atoms with Crippen LogP contribution in [0, 0.1) is 20.2 Å². The maximum atomic E-state index is 13.3. The fourth-order valence-corrected chi connectivity index (χ4v) is 3.69. The van der Waals surface area contributed by atoms with Crippen molar-refractivity contribution < 1.29 is 15.0 Å². The van der Waals surface area contributed by atoms with Crippen LogP contribution >= 0.6 is 23.2 Å². The van der Waals surface area contributed by atoms with Crippen LogP contribution in [0.4, 0.5) is 11.4 Å². The first kappa shape index (κ1) is 21.2. The Morgan fingerprint density at radius 2 is 1.62 bits per heavy atom. The van der Waals surface area contributed by atoms with Crippen LogP contribution < -0.4 is 5.56 Å². The third-order valence-electron chi connectivity index (χ3n) is 4.68. The number of nitro benzene ring substituents is 2. The summed E-state index contributed by atoms with van der Waals surface area (Å²) in [7, 11) is 0. The zero-order valence-corrected chi connectivity index (χ0v) is 17.2. The molecule has 4 rings (SSSR count). The molecule has 1 aromatic heterocycles. The molecule has 0 spiro atoms. The molecule has 12 heteroatoms. The van der Waals surface area contributed by atoms with Crippen LogP contribution in [0.15, 0.2) is 59.4 Å². The highest BCUT2D eigenvalue weighted by molar-refractivity contribution is 6.45. The normalized spacial score (nSPS) is 10.9. The second-order valence-electron chi connectivity index (χ2n) is 6.56. The number of hydrogen-bond donors (Lipinski definition) is 1. The molecule has 0 bridgehead atoms. The summed E-state index contributed by atoms with van der Waals surface area (Å²) in [5.41, 5.74) is -1.89. The minimum atomic E-state index is -0.903. The standard InChI is InChI=1S/C20H10Cl2N4O6/c21-12-9-15(27)16-17(18(12)22)20(28)24(23-19(16)10-4-2-1-3-5-10)13-7-6-11(25(29)30)8-14(13)26(31)32/h1-9,27H. The van der Waals surface area contributed by atoms with Crippen molar-refractivity contribution in [2.24, 2.45) is 0 Å². The largest absolute Gasteiger partial charge is 0.507 e. The smallest absolute Gasteiger partial charge is 0.301 e. The number of phenolic OH excluding ortho intramolecular Hbond substituents is 1. The molecule has 0 amide bonds. The van der Waals surface area contributed by atoms with Gasteiger partial charge < -0.3 is 5.11 Å². The summed E-state index contributed by atoms with van der Waals surface area (Å²) >= 11 is 12.3. The number of hydrogen-bond acceptors (Lipinski definition) is 7. The molecule has 1 heterocycles. The van der Waals surface area contributed by atoms with E-state index in [1.807, 2.05) is 0 Å². The van der Waals surface area contributed by atoms with Crippen LogP contribution in [-0.2, 0) is 0 Å². The summed E-state index contributed by atoms with van der Waals surface area (Å²) in [6.07, 6.45) is 0. The van der Waals surface area contributed by atoms with E-state index in [2.05, 4.69) is 5.10 Å². The minimum Gasteiger partial charge on any atom is -0.507 e. The van der Waals surface area contributed by atoms with Crippen molar-refractivity contribution in [1.82, 2.24) is 9.78 Å². The van der Waals surface area contributed by atoms with Crippen LogP contribution in [-0.4, -0.2) is 24.7 Å². The van der Waals surface area contributed by atoms with Gasteiger partial charge in [-0.05, 0) is 6.07 Å². The van der Waals surface area contributed by atoms with E-state index in [1.165, 1.54) is 6.07 Å². The van der Waals surface area contributed by atoms with Gasteiger partial charge in [-0.15, -0.1) is 0 Å². The average Bonchev–Trinajstić information content (AvgIpc) is 2.77. The highest BCUT2D eigenvalue weighted by atomic mass is 35.5. The lowest BCUT2D eigenvalue weighted by Gasteiger charge is -2.14. The van der Waals surface area contributed by atoms with Crippen LogP contribution in [0.5, 0.6) is 5.75 Å². The number of aromatic nitrogens is 2. The van der Waals surface area contributed by atoms with Crippen molar-refractivity contribution in [3.63, 3.8) is 0 Å². The number of aromatic hydroxyl groups is 1. The van der Waals surface area contributed by atoms with E-state index in [4.69, 9.17) is 23.2 Å². The number of non-ortho nitro benzene ring substituents is 1. The number of benzene rings is 3. The summed E-state index contributed by atoms with van der Waals surface area (Å²) < 4.78 is 0.716. The van der Waals surface area contributed by atoms with Crippen LogP contribution in [0.3, 0.4) is 0 Å². The number of fused-ring (bicyclic) bond motifs is 1. The number of halogens is 2. The maximum absolute atomic E-state index is 13.3. The molecule has 3 aromatic carbocycles. The molecule has 0 atom stereocenters. The SMILES string of the molecule is O=c1c2c(Cl)c(Cl)cc(O)c2c(-c2ccccc2)nn1-c1ccc([N+](=O)[O-])cc1[N+](=O)[O-]. The highest BCUT2D eigenvalue weighted by Crippen LogP contribution is 2.40. The van der Waals surface area contributed by atoms with E-state index < -0.39 is 26.8 Å². The van der Waals surface area contributed by atoms with Gasteiger partial charge in [0.1, 0.15) is 17.1 Å². The fourth-order valence-electron chi connectivity index (χ4n) is 3.27. The van der Waals surface area contributed by atoms with Crippen molar-refractivity contribution >= 4 is 45.3 Å². The van der Waals surface area contributed by atoms with E-state index in [-0.39, 0.29) is 37.9 Å². The molecule has 1 N–H and O–H groups in total. The monoisotopic (exact) mass is 472 g/mol. The van der Waals surface area contributed by atoms with Crippen molar-refractivity contribution in [3.8, 4) is 22.7 Å². The molecule has 0 aliphatic heterocycles. The van der Waals surface area contributed by atoms with Gasteiger partial charge in [-0.25, -0.2) is 0 Å². The summed E-state index contributed by atoms with van der Waals surface area (Å²) in [5, 5.41) is 37.0. The van der Waals surface area contributed by atoms with Gasteiger partial charge in [0.05, 0.1) is 36.7 Å². The Kier molecular flexibility index (Phi) is 5.25. The molecular weight excluding hydrogens is 463 g/mol. The Morgan fingerprint density at radius 3 is 2.25 bits per heavy atom. The van der Waals surface area contributed by atoms with E-state index in [1.54, 1.807) is 30.3 Å². The maximum Gasteiger partial charge on any atom is 0.301 e. The zero-order valence-electron chi connectivity index (χ0n) is 15.7. The van der Waals surface area contributed by atoms with E-state index in [0.29, 0.717) is 10.2 Å². The Morgan fingerprint density at radius 1 is 0.938 bits per heavy atom. The van der Waals surface area contributed by atoms with Crippen molar-refractivity contribution in [1.29, 1.82) is 0 Å². The number of nitrogens with zero attached hydrogens (tertiary/aromatic N) is 4. The van der Waals surface area contributed by atoms with Crippen molar-refractivity contribution in [3.05, 3.63) is 95.2 Å². The summed E-state index contributed by atoms with van der Waals surface area (Å²) in [6, 6.07) is 12.4. The lowest BCUT2D eigenvalue weighted by atomic mass is 10.0. The molecule has 0 aliphatic carbocycles. The molecule has 0 radical (unpaired) electrons. The third kappa shape index (κ3) is 3.41. The highest BCUT2D eigenvalue weighted by Gasteiger charge is 2.26. The van der Waals surface area contributed by atoms with Gasteiger partial charge in [-0.2, -0.15) is 9.78 Å². The van der Waals surface area contributed by atoms with E-state index in [9.17, 15) is 30.1 Å². The van der Waals surface area contributed by atoms with Gasteiger partial charge in [-0.3, -0.25) is 25.0 Å². The first-order valence-corrected chi connectivity index (χ1v) is 9.59. The Labute approximate surface area is 188 Å². The Bertz CT molecular complexity index is 1490. The molecule has 0 saturated carbocycles.